The fourth-order valence-corrected chi connectivity index (χ4v) is 1.48. The Morgan fingerprint density at radius 2 is 2.25 bits per heavy atom. The first-order chi connectivity index (χ1) is 7.44. The van der Waals surface area contributed by atoms with E-state index in [-0.39, 0.29) is 5.41 Å². The average molecular weight is 227 g/mol. The molecule has 0 amide bonds. The summed E-state index contributed by atoms with van der Waals surface area (Å²) >= 11 is 0. The number of rotatable bonds is 8. The van der Waals surface area contributed by atoms with Crippen molar-refractivity contribution in [1.82, 2.24) is 5.32 Å². The molecule has 0 aromatic rings. The zero-order chi connectivity index (χ0) is 12.6. The molecule has 16 heavy (non-hydrogen) atoms. The number of nitrogens with one attached hydrogen (secondary N) is 1. The third-order valence-corrected chi connectivity index (χ3v) is 2.79. The Bertz CT molecular complexity index is 236. The van der Waals surface area contributed by atoms with Gasteiger partial charge in [-0.25, -0.2) is 0 Å². The molecular weight excluding hydrogens is 202 g/mol. The highest BCUT2D eigenvalue weighted by Gasteiger charge is 2.22. The van der Waals surface area contributed by atoms with Gasteiger partial charge in [0.05, 0.1) is 0 Å². The molecule has 4 N–H and O–H groups in total. The molecule has 0 aromatic heterocycles. The first-order valence-corrected chi connectivity index (χ1v) is 5.76. The lowest BCUT2D eigenvalue weighted by atomic mass is 9.86. The summed E-state index contributed by atoms with van der Waals surface area (Å²) in [6.45, 7) is 10.7. The van der Waals surface area contributed by atoms with Gasteiger partial charge >= 0.3 is 0 Å². The largest absolute Gasteiger partial charge is 0.409 e. The Kier molecular flexibility index (Phi) is 6.81. The number of oxime groups is 1. The second-order valence-corrected chi connectivity index (χ2v) is 4.85. The van der Waals surface area contributed by atoms with Gasteiger partial charge in [0.15, 0.2) is 0 Å². The van der Waals surface area contributed by atoms with Crippen LogP contribution < -0.4 is 11.1 Å². The summed E-state index contributed by atoms with van der Waals surface area (Å²) in [5.74, 6) is 0.298. The van der Waals surface area contributed by atoms with Crippen LogP contribution in [0.2, 0.25) is 0 Å². The number of nitrogens with two attached hydrogens (primary N) is 1. The quantitative estimate of drug-likeness (QED) is 0.148. The van der Waals surface area contributed by atoms with Gasteiger partial charge < -0.3 is 16.3 Å². The Hall–Kier alpha value is -1.03. The molecular formula is C12H25N3O. The Morgan fingerprint density at radius 3 is 2.75 bits per heavy atom. The van der Waals surface area contributed by atoms with Crippen LogP contribution in [0.4, 0.5) is 0 Å². The van der Waals surface area contributed by atoms with E-state index in [0.717, 1.165) is 25.8 Å². The summed E-state index contributed by atoms with van der Waals surface area (Å²) in [6.07, 6.45) is 4.79. The van der Waals surface area contributed by atoms with Crippen molar-refractivity contribution < 1.29 is 5.21 Å². The van der Waals surface area contributed by atoms with E-state index in [1.807, 2.05) is 19.9 Å². The highest BCUT2D eigenvalue weighted by molar-refractivity contribution is 5.85. The molecule has 0 aliphatic rings. The molecule has 0 saturated heterocycles. The summed E-state index contributed by atoms with van der Waals surface area (Å²) in [7, 11) is 0. The highest BCUT2D eigenvalue weighted by Crippen LogP contribution is 2.21. The zero-order valence-electron chi connectivity index (χ0n) is 10.7. The molecule has 0 aliphatic heterocycles. The maximum Gasteiger partial charge on any atom is 0.144 e. The van der Waals surface area contributed by atoms with Crippen molar-refractivity contribution >= 4 is 5.84 Å². The van der Waals surface area contributed by atoms with Crippen LogP contribution in [0, 0.1) is 5.41 Å². The van der Waals surface area contributed by atoms with E-state index in [2.05, 4.69) is 24.0 Å². The molecule has 4 nitrogen and oxygen atoms in total. The molecule has 0 heterocycles. The maximum absolute atomic E-state index is 8.62. The second-order valence-electron chi connectivity index (χ2n) is 4.85. The van der Waals surface area contributed by atoms with Crippen molar-refractivity contribution in [3.63, 3.8) is 0 Å². The van der Waals surface area contributed by atoms with Crippen molar-refractivity contribution in [3.05, 3.63) is 12.7 Å². The fraction of sp³-hybridized carbons (Fsp3) is 0.750. The van der Waals surface area contributed by atoms with Gasteiger partial charge in [0, 0.05) is 11.5 Å². The van der Waals surface area contributed by atoms with E-state index in [0.29, 0.717) is 11.9 Å². The lowest BCUT2D eigenvalue weighted by molar-refractivity contribution is 0.304. The molecule has 0 fully saturated rings. The van der Waals surface area contributed by atoms with E-state index in [1.165, 1.54) is 0 Å². The topological polar surface area (TPSA) is 70.6 Å². The third-order valence-electron chi connectivity index (χ3n) is 2.79. The molecule has 1 unspecified atom stereocenters. The van der Waals surface area contributed by atoms with E-state index in [9.17, 15) is 0 Å². The first kappa shape index (κ1) is 15.0. The van der Waals surface area contributed by atoms with Crippen LogP contribution in [-0.4, -0.2) is 23.6 Å². The van der Waals surface area contributed by atoms with Crippen molar-refractivity contribution in [1.29, 1.82) is 0 Å². The number of nitrogens with zero attached hydrogens (tertiary/aromatic N) is 1. The summed E-state index contributed by atoms with van der Waals surface area (Å²) < 4.78 is 0. The fourth-order valence-electron chi connectivity index (χ4n) is 1.48. The molecule has 0 aliphatic carbocycles. The van der Waals surface area contributed by atoms with Crippen LogP contribution in [0.1, 0.15) is 40.0 Å². The number of hydrogen-bond acceptors (Lipinski definition) is 3. The second kappa shape index (κ2) is 7.28. The van der Waals surface area contributed by atoms with Gasteiger partial charge in [-0.1, -0.05) is 25.1 Å². The lowest BCUT2D eigenvalue weighted by Crippen LogP contribution is -2.33. The van der Waals surface area contributed by atoms with Crippen LogP contribution in [0.3, 0.4) is 0 Å². The minimum atomic E-state index is -0.238. The van der Waals surface area contributed by atoms with Gasteiger partial charge in [-0.15, -0.1) is 6.58 Å². The van der Waals surface area contributed by atoms with Gasteiger partial charge in [0.25, 0.3) is 0 Å². The van der Waals surface area contributed by atoms with E-state index < -0.39 is 0 Å². The molecule has 0 radical (unpaired) electrons. The van der Waals surface area contributed by atoms with Gasteiger partial charge in [0.1, 0.15) is 5.84 Å². The van der Waals surface area contributed by atoms with Crippen LogP contribution in [0.5, 0.6) is 0 Å². The first-order valence-electron chi connectivity index (χ1n) is 5.76. The minimum Gasteiger partial charge on any atom is -0.409 e. The van der Waals surface area contributed by atoms with Gasteiger partial charge in [-0.3, -0.25) is 0 Å². The van der Waals surface area contributed by atoms with Crippen molar-refractivity contribution in [3.8, 4) is 0 Å². The number of amidine groups is 1. The van der Waals surface area contributed by atoms with Crippen LogP contribution in [-0.2, 0) is 0 Å². The molecule has 0 saturated carbocycles. The average Bonchev–Trinajstić information content (AvgIpc) is 2.23. The van der Waals surface area contributed by atoms with Crippen LogP contribution >= 0.6 is 0 Å². The standard InChI is InChI=1S/C12H25N3O/c1-5-7-10(2)14-9-6-8-12(3,4)11(13)15-16/h5,10,14,16H,1,6-9H2,2-4H3,(H2,13,15). The van der Waals surface area contributed by atoms with E-state index in [4.69, 9.17) is 10.9 Å². The molecule has 0 aromatic carbocycles. The van der Waals surface area contributed by atoms with Crippen molar-refractivity contribution in [2.45, 2.75) is 46.1 Å². The smallest absolute Gasteiger partial charge is 0.144 e. The predicted molar refractivity (Wildman–Crippen MR) is 68.7 cm³/mol. The SMILES string of the molecule is C=CCC(C)NCCCC(C)(C)/C(N)=N/O. The molecule has 0 spiro atoms. The summed E-state index contributed by atoms with van der Waals surface area (Å²) in [6, 6.07) is 0.462. The normalized spacial score (nSPS) is 14.8. The molecule has 0 rings (SSSR count). The monoisotopic (exact) mass is 227 g/mol. The Morgan fingerprint density at radius 1 is 1.62 bits per heavy atom. The zero-order valence-corrected chi connectivity index (χ0v) is 10.7. The molecule has 94 valence electrons. The summed E-state index contributed by atoms with van der Waals surface area (Å²) in [5, 5.41) is 15.1. The molecule has 4 heteroatoms. The maximum atomic E-state index is 8.62. The highest BCUT2D eigenvalue weighted by atomic mass is 16.4. The van der Waals surface area contributed by atoms with Crippen LogP contribution in [0.15, 0.2) is 17.8 Å². The molecule has 1 atom stereocenters. The lowest BCUT2D eigenvalue weighted by Gasteiger charge is -2.23. The van der Waals surface area contributed by atoms with Gasteiger partial charge in [-0.05, 0) is 32.7 Å². The Balaban J connectivity index is 3.77. The van der Waals surface area contributed by atoms with Gasteiger partial charge in [0.2, 0.25) is 0 Å². The van der Waals surface area contributed by atoms with Crippen LogP contribution in [0.25, 0.3) is 0 Å². The minimum absolute atomic E-state index is 0.238. The van der Waals surface area contributed by atoms with Crippen molar-refractivity contribution in [2.75, 3.05) is 6.54 Å². The van der Waals surface area contributed by atoms with Gasteiger partial charge in [-0.2, -0.15) is 0 Å². The Labute approximate surface area is 98.6 Å². The van der Waals surface area contributed by atoms with E-state index in [1.54, 1.807) is 0 Å². The summed E-state index contributed by atoms with van der Waals surface area (Å²) in [4.78, 5) is 0. The molecule has 0 bridgehead atoms. The van der Waals surface area contributed by atoms with Crippen molar-refractivity contribution in [2.24, 2.45) is 16.3 Å². The predicted octanol–water partition coefficient (Wildman–Crippen LogP) is 2.09. The third kappa shape index (κ3) is 5.75. The number of hydrogen-bond donors (Lipinski definition) is 3. The van der Waals surface area contributed by atoms with E-state index >= 15 is 0 Å². The summed E-state index contributed by atoms with van der Waals surface area (Å²) in [5.41, 5.74) is 5.37.